The number of carbonyl (C=O) groups is 1. The summed E-state index contributed by atoms with van der Waals surface area (Å²) < 4.78 is 16.8. The summed E-state index contributed by atoms with van der Waals surface area (Å²) >= 11 is 0. The molecule has 1 heterocycles. The molecule has 0 amide bonds. The summed E-state index contributed by atoms with van der Waals surface area (Å²) in [5, 5.41) is 2.32. The van der Waals surface area contributed by atoms with E-state index in [1.54, 1.807) is 18.2 Å². The Kier molecular flexibility index (Phi) is 16.3. The molecule has 8 heteroatoms. The normalized spacial score (nSPS) is 11.0. The van der Waals surface area contributed by atoms with Crippen LogP contribution < -0.4 is 15.2 Å². The number of esters is 1. The van der Waals surface area contributed by atoms with Crippen molar-refractivity contribution in [2.24, 2.45) is 0 Å². The SMILES string of the molecule is CCCCOc1cc(C(=O)OCCN(CC)CC)ccc1N.CCCCc1cc2ccccc2c(OCCN(C)C)n1. The van der Waals surface area contributed by atoms with E-state index in [4.69, 9.17) is 24.9 Å². The topological polar surface area (TPSA) is 90.2 Å². The second kappa shape index (κ2) is 19.7. The zero-order valence-electron chi connectivity index (χ0n) is 26.7. The highest BCUT2D eigenvalue weighted by atomic mass is 16.5. The van der Waals surface area contributed by atoms with Crippen molar-refractivity contribution in [1.29, 1.82) is 0 Å². The fourth-order valence-electron chi connectivity index (χ4n) is 4.14. The lowest BCUT2D eigenvalue weighted by Crippen LogP contribution is -2.27. The number of aryl methyl sites for hydroxylation is 1. The predicted octanol–water partition coefficient (Wildman–Crippen LogP) is 6.46. The number of pyridine rings is 1. The number of benzene rings is 2. The number of nitrogens with zero attached hydrogens (tertiary/aromatic N) is 3. The Morgan fingerprint density at radius 1 is 0.857 bits per heavy atom. The molecule has 0 spiro atoms. The summed E-state index contributed by atoms with van der Waals surface area (Å²) in [6, 6.07) is 15.5. The fourth-order valence-corrected chi connectivity index (χ4v) is 4.14. The van der Waals surface area contributed by atoms with Gasteiger partial charge in [-0.05, 0) is 82.2 Å². The Hall–Kier alpha value is -3.36. The van der Waals surface area contributed by atoms with Gasteiger partial charge in [0.25, 0.3) is 0 Å². The van der Waals surface area contributed by atoms with Gasteiger partial charge < -0.3 is 29.7 Å². The molecule has 0 aliphatic heterocycles. The molecule has 0 aliphatic carbocycles. The summed E-state index contributed by atoms with van der Waals surface area (Å²) in [7, 11) is 4.10. The first-order valence-corrected chi connectivity index (χ1v) is 15.4. The Morgan fingerprint density at radius 3 is 2.29 bits per heavy atom. The number of nitrogens with two attached hydrogens (primary N) is 1. The molecule has 3 rings (SSSR count). The number of aromatic nitrogens is 1. The van der Waals surface area contributed by atoms with E-state index in [9.17, 15) is 4.79 Å². The van der Waals surface area contributed by atoms with Crippen molar-refractivity contribution in [3.8, 4) is 11.6 Å². The van der Waals surface area contributed by atoms with Crippen LogP contribution in [0, 0.1) is 0 Å². The maximum absolute atomic E-state index is 12.1. The van der Waals surface area contributed by atoms with Crippen LogP contribution in [-0.4, -0.2) is 80.8 Å². The minimum absolute atomic E-state index is 0.340. The number of rotatable bonds is 17. The summed E-state index contributed by atoms with van der Waals surface area (Å²) in [5.74, 6) is 0.982. The van der Waals surface area contributed by atoms with Crippen molar-refractivity contribution in [3.05, 3.63) is 59.8 Å². The third-order valence-electron chi connectivity index (χ3n) is 6.86. The quantitative estimate of drug-likeness (QED) is 0.110. The van der Waals surface area contributed by atoms with Gasteiger partial charge in [-0.1, -0.05) is 58.7 Å². The maximum atomic E-state index is 12.1. The van der Waals surface area contributed by atoms with Gasteiger partial charge >= 0.3 is 5.97 Å². The van der Waals surface area contributed by atoms with Crippen LogP contribution in [0.3, 0.4) is 0 Å². The van der Waals surface area contributed by atoms with Crippen molar-refractivity contribution in [3.63, 3.8) is 0 Å². The molecule has 0 saturated heterocycles. The number of ether oxygens (including phenoxy) is 3. The van der Waals surface area contributed by atoms with Gasteiger partial charge in [0.15, 0.2) is 0 Å². The Labute approximate surface area is 253 Å². The second-order valence-electron chi connectivity index (χ2n) is 10.5. The number of unbranched alkanes of at least 4 members (excludes halogenated alkanes) is 2. The number of anilines is 1. The minimum Gasteiger partial charge on any atom is -0.491 e. The van der Waals surface area contributed by atoms with E-state index in [0.29, 0.717) is 36.8 Å². The van der Waals surface area contributed by atoms with Gasteiger partial charge in [-0.15, -0.1) is 0 Å². The third kappa shape index (κ3) is 12.2. The predicted molar refractivity (Wildman–Crippen MR) is 174 cm³/mol. The zero-order valence-corrected chi connectivity index (χ0v) is 26.7. The highest BCUT2D eigenvalue weighted by Crippen LogP contribution is 2.25. The molecule has 0 atom stereocenters. The second-order valence-corrected chi connectivity index (χ2v) is 10.5. The molecule has 0 radical (unpaired) electrons. The average molecular weight is 581 g/mol. The molecule has 2 aromatic carbocycles. The van der Waals surface area contributed by atoms with E-state index in [1.165, 1.54) is 18.2 Å². The highest BCUT2D eigenvalue weighted by molar-refractivity contribution is 5.90. The lowest BCUT2D eigenvalue weighted by molar-refractivity contribution is 0.0466. The zero-order chi connectivity index (χ0) is 30.7. The van der Waals surface area contributed by atoms with Crippen molar-refractivity contribution in [2.45, 2.75) is 59.8 Å². The smallest absolute Gasteiger partial charge is 0.338 e. The summed E-state index contributed by atoms with van der Waals surface area (Å²) in [4.78, 5) is 21.1. The van der Waals surface area contributed by atoms with Crippen molar-refractivity contribution < 1.29 is 19.0 Å². The Bertz CT molecular complexity index is 1200. The number of likely N-dealkylation sites (N-methyl/N-ethyl adjacent to an activating group) is 2. The molecular formula is C34H52N4O4. The standard InChI is InChI=1S/C17H28N2O3.C17H24N2O/c1-4-7-11-21-16-13-14(8-9-15(16)18)17(20)22-12-10-19(5-2)6-3;1-4-5-9-15-13-14-8-6-7-10-16(14)17(18-15)20-12-11-19(2)3/h8-9,13H,4-7,10-12,18H2,1-3H3;6-8,10,13H,4-5,9,11-12H2,1-3H3. The van der Waals surface area contributed by atoms with Crippen molar-refractivity contribution in [2.75, 3.05) is 65.8 Å². The summed E-state index contributed by atoms with van der Waals surface area (Å²) in [6.45, 7) is 13.7. The van der Waals surface area contributed by atoms with E-state index in [0.717, 1.165) is 62.4 Å². The Morgan fingerprint density at radius 2 is 1.60 bits per heavy atom. The van der Waals surface area contributed by atoms with Crippen molar-refractivity contribution >= 4 is 22.4 Å². The van der Waals surface area contributed by atoms with Gasteiger partial charge in [0.1, 0.15) is 19.0 Å². The molecule has 0 bridgehead atoms. The number of fused-ring (bicyclic) bond motifs is 1. The van der Waals surface area contributed by atoms with Crippen LogP contribution in [0.4, 0.5) is 5.69 Å². The van der Waals surface area contributed by atoms with Crippen LogP contribution in [-0.2, 0) is 11.2 Å². The average Bonchev–Trinajstić information content (AvgIpc) is 2.99. The third-order valence-corrected chi connectivity index (χ3v) is 6.86. The van der Waals surface area contributed by atoms with E-state index >= 15 is 0 Å². The van der Waals surface area contributed by atoms with E-state index in [-0.39, 0.29) is 5.97 Å². The lowest BCUT2D eigenvalue weighted by Gasteiger charge is -2.17. The van der Waals surface area contributed by atoms with Gasteiger partial charge in [-0.3, -0.25) is 0 Å². The number of nitrogen functional groups attached to an aromatic ring is 1. The minimum atomic E-state index is -0.340. The van der Waals surface area contributed by atoms with Gasteiger partial charge in [0.2, 0.25) is 5.88 Å². The van der Waals surface area contributed by atoms with Gasteiger partial charge in [-0.2, -0.15) is 0 Å². The molecule has 3 aromatic rings. The molecule has 1 aromatic heterocycles. The molecule has 232 valence electrons. The number of hydrogen-bond donors (Lipinski definition) is 1. The van der Waals surface area contributed by atoms with Crippen LogP contribution in [0.15, 0.2) is 48.5 Å². The Balaban J connectivity index is 0.000000294. The van der Waals surface area contributed by atoms with Gasteiger partial charge in [-0.25, -0.2) is 9.78 Å². The first-order chi connectivity index (χ1) is 20.3. The molecule has 8 nitrogen and oxygen atoms in total. The van der Waals surface area contributed by atoms with Crippen LogP contribution in [0.25, 0.3) is 10.8 Å². The largest absolute Gasteiger partial charge is 0.491 e. The summed E-state index contributed by atoms with van der Waals surface area (Å²) in [6.07, 6.45) is 5.38. The van der Waals surface area contributed by atoms with Gasteiger partial charge in [0.05, 0.1) is 17.9 Å². The lowest BCUT2D eigenvalue weighted by atomic mass is 10.1. The molecule has 42 heavy (non-hydrogen) atoms. The van der Waals surface area contributed by atoms with E-state index < -0.39 is 0 Å². The molecular weight excluding hydrogens is 528 g/mol. The molecule has 0 aliphatic rings. The van der Waals surface area contributed by atoms with Crippen LogP contribution in [0.5, 0.6) is 11.6 Å². The first-order valence-electron chi connectivity index (χ1n) is 15.4. The van der Waals surface area contributed by atoms with Gasteiger partial charge in [0, 0.05) is 24.2 Å². The molecule has 0 unspecified atom stereocenters. The number of hydrogen-bond acceptors (Lipinski definition) is 8. The van der Waals surface area contributed by atoms with E-state index in [2.05, 4.69) is 61.8 Å². The van der Waals surface area contributed by atoms with Crippen LogP contribution in [0.2, 0.25) is 0 Å². The molecule has 2 N–H and O–H groups in total. The molecule has 0 fully saturated rings. The van der Waals surface area contributed by atoms with Crippen LogP contribution in [0.1, 0.15) is 69.4 Å². The highest BCUT2D eigenvalue weighted by Gasteiger charge is 2.12. The maximum Gasteiger partial charge on any atom is 0.338 e. The molecule has 0 saturated carbocycles. The van der Waals surface area contributed by atoms with E-state index in [1.807, 2.05) is 20.2 Å². The number of carbonyl (C=O) groups excluding carboxylic acids is 1. The van der Waals surface area contributed by atoms with Crippen molar-refractivity contribution in [1.82, 2.24) is 14.8 Å². The summed E-state index contributed by atoms with van der Waals surface area (Å²) in [5.41, 5.74) is 8.00. The monoisotopic (exact) mass is 580 g/mol. The first kappa shape index (κ1) is 34.8. The fraction of sp³-hybridized carbons (Fsp3) is 0.529. The van der Waals surface area contributed by atoms with Crippen LogP contribution >= 0.6 is 0 Å².